The van der Waals surface area contributed by atoms with Crippen molar-refractivity contribution in [3.8, 4) is 0 Å². The predicted octanol–water partition coefficient (Wildman–Crippen LogP) is 1.96. The van der Waals surface area contributed by atoms with Crippen molar-refractivity contribution in [1.82, 2.24) is 0 Å². The Labute approximate surface area is 283 Å². The molecule has 3 heterocycles. The largest absolute Gasteiger partial charge is 0.458 e. The maximum Gasteiger partial charge on any atom is 0.331 e. The van der Waals surface area contributed by atoms with E-state index in [9.17, 15) is 30.3 Å². The summed E-state index contributed by atoms with van der Waals surface area (Å²) < 4.78 is 35.6. The van der Waals surface area contributed by atoms with Crippen molar-refractivity contribution >= 4 is 5.97 Å². The van der Waals surface area contributed by atoms with Gasteiger partial charge in [0, 0.05) is 25.0 Å². The van der Waals surface area contributed by atoms with Gasteiger partial charge in [0.2, 0.25) is 0 Å². The van der Waals surface area contributed by atoms with Crippen LogP contribution in [0.15, 0.2) is 11.6 Å². The lowest BCUT2D eigenvalue weighted by atomic mass is 9.43. The molecule has 3 aliphatic heterocycles. The van der Waals surface area contributed by atoms with Crippen LogP contribution in [0.5, 0.6) is 0 Å². The van der Waals surface area contributed by atoms with E-state index in [0.29, 0.717) is 24.9 Å². The lowest BCUT2D eigenvalue weighted by Crippen LogP contribution is -2.62. The number of hydrogen-bond donors (Lipinski definition) is 5. The SMILES string of the molecule is CO[C@H]1C[C@H](O[C@H]2CCC3(C)C4CCC5(C)C(C6=CC(=O)OC6)CC[C@]5(O)C4CC[C@@H]3C2)O[C@H](C)[C@@H]1O[C@@H]1O[C@H](CO)[C@@H](O)[C@@H](O)[C@H]1O. The van der Waals surface area contributed by atoms with Gasteiger partial charge in [-0.2, -0.15) is 0 Å². The number of aliphatic hydroxyl groups is 5. The van der Waals surface area contributed by atoms with Gasteiger partial charge in [-0.1, -0.05) is 13.8 Å². The summed E-state index contributed by atoms with van der Waals surface area (Å²) in [6.45, 7) is 6.40. The third-order valence-corrected chi connectivity index (χ3v) is 14.3. The first-order chi connectivity index (χ1) is 22.8. The molecular formula is C36H56O12. The molecule has 5 unspecified atom stereocenters. The molecule has 0 aromatic heterocycles. The fourth-order valence-electron chi connectivity index (χ4n) is 11.6. The molecule has 5 N–H and O–H groups in total. The zero-order valence-electron chi connectivity index (χ0n) is 28.7. The van der Waals surface area contributed by atoms with E-state index in [4.69, 9.17) is 28.4 Å². The quantitative estimate of drug-likeness (QED) is 0.196. The van der Waals surface area contributed by atoms with E-state index in [1.165, 1.54) is 0 Å². The molecule has 0 aromatic rings. The minimum Gasteiger partial charge on any atom is -0.458 e. The Morgan fingerprint density at radius 1 is 0.917 bits per heavy atom. The second-order valence-corrected chi connectivity index (χ2v) is 16.4. The zero-order valence-corrected chi connectivity index (χ0v) is 28.7. The Morgan fingerprint density at radius 3 is 2.42 bits per heavy atom. The zero-order chi connectivity index (χ0) is 34.2. The van der Waals surface area contributed by atoms with E-state index in [-0.39, 0.29) is 34.7 Å². The van der Waals surface area contributed by atoms with Crippen LogP contribution in [0.1, 0.15) is 85.0 Å². The topological polar surface area (TPSA) is 174 Å². The van der Waals surface area contributed by atoms with E-state index in [0.717, 1.165) is 63.4 Å². The van der Waals surface area contributed by atoms with Crippen LogP contribution in [0.2, 0.25) is 0 Å². The number of carbonyl (C=O) groups excluding carboxylic acids is 1. The summed E-state index contributed by atoms with van der Waals surface area (Å²) in [5.74, 6) is 1.14. The van der Waals surface area contributed by atoms with E-state index in [1.807, 2.05) is 6.92 Å². The highest BCUT2D eigenvalue weighted by molar-refractivity contribution is 5.85. The molecule has 17 atom stereocenters. The van der Waals surface area contributed by atoms with Gasteiger partial charge in [-0.05, 0) is 99.4 Å². The predicted molar refractivity (Wildman–Crippen MR) is 169 cm³/mol. The van der Waals surface area contributed by atoms with Gasteiger partial charge in [0.05, 0.1) is 30.5 Å². The van der Waals surface area contributed by atoms with E-state index in [1.54, 1.807) is 13.2 Å². The van der Waals surface area contributed by atoms with Crippen molar-refractivity contribution in [3.63, 3.8) is 0 Å². The standard InChI is InChI=1S/C36H56O12/c1-18-32(48-33-31(41)30(40)29(39)26(16-37)47-33)25(43-4)15-28(45-18)46-21-7-10-34(2)20(14-21)5-6-24-23(34)8-11-35(3)22(9-12-36(24,35)42)19-13-27(38)44-17-19/h13,18,20-26,28-33,37,39-42H,5-12,14-17H2,1-4H3/t18-,20-,21+,22?,23?,24?,25+,26-,28+,29-,30-,31-,32+,33+,34?,35?,36+/m1/s1. The maximum absolute atomic E-state index is 12.5. The molecule has 4 saturated carbocycles. The number of methoxy groups -OCH3 is 1. The van der Waals surface area contributed by atoms with Crippen molar-refractivity contribution in [1.29, 1.82) is 0 Å². The second kappa shape index (κ2) is 13.1. The normalized spacial score (nSPS) is 53.8. The maximum atomic E-state index is 12.5. The summed E-state index contributed by atoms with van der Waals surface area (Å²) in [6, 6.07) is 0. The molecule has 0 amide bonds. The highest BCUT2D eigenvalue weighted by Crippen LogP contribution is 2.70. The molecule has 12 heteroatoms. The van der Waals surface area contributed by atoms with Gasteiger partial charge < -0.3 is 54.0 Å². The van der Waals surface area contributed by atoms with Gasteiger partial charge >= 0.3 is 5.97 Å². The Kier molecular flexibility index (Phi) is 9.61. The molecular weight excluding hydrogens is 624 g/mol. The van der Waals surface area contributed by atoms with Crippen LogP contribution in [0.25, 0.3) is 0 Å². The third-order valence-electron chi connectivity index (χ3n) is 14.3. The minimum absolute atomic E-state index is 0.0388. The molecule has 4 aliphatic carbocycles. The Balaban J connectivity index is 0.971. The van der Waals surface area contributed by atoms with Crippen LogP contribution in [0, 0.1) is 34.5 Å². The fraction of sp³-hybridized carbons (Fsp3) is 0.917. The first kappa shape index (κ1) is 35.2. The van der Waals surface area contributed by atoms with E-state index in [2.05, 4.69) is 13.8 Å². The molecule has 7 rings (SSSR count). The first-order valence-electron chi connectivity index (χ1n) is 18.2. The van der Waals surface area contributed by atoms with Crippen LogP contribution in [0.4, 0.5) is 0 Å². The molecule has 6 fully saturated rings. The number of ether oxygens (including phenoxy) is 6. The lowest BCUT2D eigenvalue weighted by molar-refractivity contribution is -0.345. The van der Waals surface area contributed by atoms with Crippen molar-refractivity contribution in [3.05, 3.63) is 11.6 Å². The van der Waals surface area contributed by atoms with Crippen molar-refractivity contribution in [2.45, 2.75) is 152 Å². The monoisotopic (exact) mass is 680 g/mol. The summed E-state index contributed by atoms with van der Waals surface area (Å²) in [5, 5.41) is 52.9. The summed E-state index contributed by atoms with van der Waals surface area (Å²) in [7, 11) is 1.58. The van der Waals surface area contributed by atoms with Crippen molar-refractivity contribution in [2.75, 3.05) is 20.3 Å². The van der Waals surface area contributed by atoms with Gasteiger partial charge in [0.1, 0.15) is 37.1 Å². The van der Waals surface area contributed by atoms with E-state index >= 15 is 0 Å². The number of fused-ring (bicyclic) bond motifs is 5. The van der Waals surface area contributed by atoms with Crippen LogP contribution >= 0.6 is 0 Å². The summed E-state index contributed by atoms with van der Waals surface area (Å²) in [6.07, 6.45) is 1.91. The molecule has 7 aliphatic rings. The van der Waals surface area contributed by atoms with Crippen LogP contribution in [-0.2, 0) is 33.2 Å². The molecule has 0 bridgehead atoms. The molecule has 272 valence electrons. The summed E-state index contributed by atoms with van der Waals surface area (Å²) in [5.41, 5.74) is 0.221. The molecule has 0 radical (unpaired) electrons. The number of hydrogen-bond acceptors (Lipinski definition) is 12. The molecule has 12 nitrogen and oxygen atoms in total. The third kappa shape index (κ3) is 5.61. The van der Waals surface area contributed by atoms with Gasteiger partial charge in [0.15, 0.2) is 12.6 Å². The van der Waals surface area contributed by atoms with Crippen LogP contribution < -0.4 is 0 Å². The van der Waals surface area contributed by atoms with Crippen molar-refractivity contribution < 1.29 is 58.7 Å². The Bertz CT molecular complexity index is 1230. The molecule has 48 heavy (non-hydrogen) atoms. The molecule has 0 spiro atoms. The molecule has 2 saturated heterocycles. The fourth-order valence-corrected chi connectivity index (χ4v) is 11.6. The number of aliphatic hydroxyl groups excluding tert-OH is 4. The first-order valence-corrected chi connectivity index (χ1v) is 18.2. The highest BCUT2D eigenvalue weighted by Gasteiger charge is 2.67. The van der Waals surface area contributed by atoms with Gasteiger partial charge in [-0.25, -0.2) is 4.79 Å². The summed E-state index contributed by atoms with van der Waals surface area (Å²) in [4.78, 5) is 11.9. The van der Waals surface area contributed by atoms with E-state index < -0.39 is 67.5 Å². The number of carbonyl (C=O) groups is 1. The van der Waals surface area contributed by atoms with Gasteiger partial charge in [0.25, 0.3) is 0 Å². The summed E-state index contributed by atoms with van der Waals surface area (Å²) >= 11 is 0. The average molecular weight is 681 g/mol. The number of cyclic esters (lactones) is 1. The van der Waals surface area contributed by atoms with Crippen LogP contribution in [-0.4, -0.2) is 119 Å². The average Bonchev–Trinajstić information content (AvgIpc) is 3.61. The lowest BCUT2D eigenvalue weighted by Gasteiger charge is -2.64. The van der Waals surface area contributed by atoms with Gasteiger partial charge in [-0.15, -0.1) is 0 Å². The van der Waals surface area contributed by atoms with Gasteiger partial charge in [-0.3, -0.25) is 0 Å². The Hall–Kier alpha value is -1.19. The minimum atomic E-state index is -1.53. The Morgan fingerprint density at radius 2 is 1.71 bits per heavy atom. The molecule has 0 aromatic carbocycles. The number of esters is 1. The number of rotatable bonds is 7. The second-order valence-electron chi connectivity index (χ2n) is 16.4. The van der Waals surface area contributed by atoms with Crippen LogP contribution in [0.3, 0.4) is 0 Å². The highest BCUT2D eigenvalue weighted by atomic mass is 16.7. The van der Waals surface area contributed by atoms with Crippen molar-refractivity contribution in [2.24, 2.45) is 34.5 Å². The smallest absolute Gasteiger partial charge is 0.331 e.